The van der Waals surface area contributed by atoms with E-state index in [0.29, 0.717) is 11.5 Å². The average Bonchev–Trinajstić information content (AvgIpc) is 2.85. The second-order valence-electron chi connectivity index (χ2n) is 8.80. The Kier molecular flexibility index (Phi) is 5.76. The van der Waals surface area contributed by atoms with Gasteiger partial charge >= 0.3 is 0 Å². The maximum Gasteiger partial charge on any atom is 0.186 e. The molecule has 0 aromatic heterocycles. The van der Waals surface area contributed by atoms with Gasteiger partial charge in [-0.15, -0.1) is 23.5 Å². The van der Waals surface area contributed by atoms with Crippen LogP contribution in [0.25, 0.3) is 0 Å². The zero-order valence-corrected chi connectivity index (χ0v) is 22.7. The van der Waals surface area contributed by atoms with Gasteiger partial charge in [-0.05, 0) is 47.5 Å². The summed E-state index contributed by atoms with van der Waals surface area (Å²) in [5.74, 6) is 0.101. The van der Waals surface area contributed by atoms with Gasteiger partial charge < -0.3 is 4.74 Å². The van der Waals surface area contributed by atoms with Crippen molar-refractivity contribution in [3.8, 4) is 5.75 Å². The van der Waals surface area contributed by atoms with Gasteiger partial charge in [0.2, 0.25) is 0 Å². The van der Waals surface area contributed by atoms with Crippen LogP contribution in [0.3, 0.4) is 0 Å². The Labute approximate surface area is 218 Å². The molecule has 12 heteroatoms. The van der Waals surface area contributed by atoms with E-state index in [1.807, 2.05) is 18.2 Å². The van der Waals surface area contributed by atoms with Crippen LogP contribution in [-0.4, -0.2) is 48.3 Å². The van der Waals surface area contributed by atoms with Gasteiger partial charge in [0.25, 0.3) is 0 Å². The summed E-state index contributed by atoms with van der Waals surface area (Å²) in [7, 11) is -10.7. The van der Waals surface area contributed by atoms with Crippen molar-refractivity contribution in [2.45, 2.75) is 35.8 Å². The van der Waals surface area contributed by atoms with Gasteiger partial charge in [0.05, 0.1) is 27.0 Å². The fourth-order valence-electron chi connectivity index (χ4n) is 4.56. The summed E-state index contributed by atoms with van der Waals surface area (Å²) in [6.07, 6.45) is -0.605. The normalized spacial score (nSPS) is 25.0. The predicted octanol–water partition coefficient (Wildman–Crippen LogP) is 4.09. The molecule has 36 heavy (non-hydrogen) atoms. The highest BCUT2D eigenvalue weighted by atomic mass is 32.2. The summed E-state index contributed by atoms with van der Waals surface area (Å²) in [5, 5.41) is -0.0586. The largest absolute Gasteiger partial charge is 0.483 e. The van der Waals surface area contributed by atoms with Crippen molar-refractivity contribution in [2.24, 2.45) is 0 Å². The van der Waals surface area contributed by atoms with Gasteiger partial charge in [-0.1, -0.05) is 24.3 Å². The first-order chi connectivity index (χ1) is 17.0. The van der Waals surface area contributed by atoms with Crippen LogP contribution < -0.4 is 4.74 Å². The van der Waals surface area contributed by atoms with E-state index in [2.05, 4.69) is 0 Å². The summed E-state index contributed by atoms with van der Waals surface area (Å²) >= 11 is 3.18. The second-order valence-corrected chi connectivity index (χ2v) is 17.3. The molecule has 188 valence electrons. The summed E-state index contributed by atoms with van der Waals surface area (Å²) in [5.41, 5.74) is 1.54. The van der Waals surface area contributed by atoms with Gasteiger partial charge in [0.15, 0.2) is 29.5 Å². The van der Waals surface area contributed by atoms with Crippen molar-refractivity contribution in [1.82, 2.24) is 0 Å². The molecule has 0 N–H and O–H groups in total. The van der Waals surface area contributed by atoms with E-state index >= 15 is 0 Å². The molecule has 3 aromatic carbocycles. The molecule has 2 atom stereocenters. The van der Waals surface area contributed by atoms with E-state index in [1.54, 1.807) is 53.9 Å². The third kappa shape index (κ3) is 4.16. The van der Waals surface area contributed by atoms with E-state index in [-0.39, 0.29) is 31.4 Å². The van der Waals surface area contributed by atoms with Crippen molar-refractivity contribution in [3.63, 3.8) is 0 Å². The van der Waals surface area contributed by atoms with Crippen molar-refractivity contribution in [2.75, 3.05) is 23.0 Å². The highest BCUT2D eigenvalue weighted by molar-refractivity contribution is 8.05. The smallest absolute Gasteiger partial charge is 0.186 e. The molecule has 3 aliphatic rings. The van der Waals surface area contributed by atoms with Crippen LogP contribution in [0, 0.1) is 0 Å². The molecule has 0 fully saturated rings. The van der Waals surface area contributed by atoms with E-state index < -0.39 is 41.4 Å². The zero-order valence-electron chi connectivity index (χ0n) is 18.7. The van der Waals surface area contributed by atoms with Gasteiger partial charge in [0.1, 0.15) is 16.7 Å². The third-order valence-electron chi connectivity index (χ3n) is 6.45. The van der Waals surface area contributed by atoms with E-state index in [0.717, 1.165) is 20.9 Å². The van der Waals surface area contributed by atoms with Crippen LogP contribution in [0.5, 0.6) is 5.75 Å². The van der Waals surface area contributed by atoms with Crippen LogP contribution in [0.1, 0.15) is 22.5 Å². The molecule has 0 aliphatic carbocycles. The predicted molar refractivity (Wildman–Crippen MR) is 138 cm³/mol. The third-order valence-corrected chi connectivity index (χ3v) is 14.9. The quantitative estimate of drug-likeness (QED) is 0.442. The van der Waals surface area contributed by atoms with Crippen molar-refractivity contribution in [1.29, 1.82) is 0 Å². The van der Waals surface area contributed by atoms with Crippen molar-refractivity contribution in [3.05, 3.63) is 71.8 Å². The minimum absolute atomic E-state index is 0.0586. The van der Waals surface area contributed by atoms with E-state index in [4.69, 9.17) is 4.74 Å². The van der Waals surface area contributed by atoms with Crippen LogP contribution in [0.4, 0.5) is 0 Å². The Bertz CT molecular complexity index is 1730. The van der Waals surface area contributed by atoms with E-state index in [1.165, 1.54) is 12.1 Å². The maximum absolute atomic E-state index is 12.8. The Morgan fingerprint density at radius 3 is 2.22 bits per heavy atom. The van der Waals surface area contributed by atoms with Crippen molar-refractivity contribution < 1.29 is 30.0 Å². The molecule has 0 spiro atoms. The summed E-state index contributed by atoms with van der Waals surface area (Å²) in [6, 6.07) is 17.0. The first-order valence-electron chi connectivity index (χ1n) is 11.0. The Morgan fingerprint density at radius 2 is 1.42 bits per heavy atom. The Balaban J connectivity index is 1.28. The molecule has 0 saturated heterocycles. The maximum atomic E-state index is 12.8. The Hall–Kier alpha value is -1.99. The van der Waals surface area contributed by atoms with Gasteiger partial charge in [-0.25, -0.2) is 25.3 Å². The number of ether oxygens (including phenoxy) is 1. The van der Waals surface area contributed by atoms with Crippen molar-refractivity contribution >= 4 is 53.0 Å². The van der Waals surface area contributed by atoms with E-state index in [9.17, 15) is 25.3 Å². The molecule has 0 saturated carbocycles. The summed E-state index contributed by atoms with van der Waals surface area (Å²) < 4.78 is 81.4. The van der Waals surface area contributed by atoms with Crippen LogP contribution >= 0.6 is 23.5 Å². The molecule has 2 unspecified atom stereocenters. The molecule has 3 aliphatic heterocycles. The first-order valence-corrected chi connectivity index (χ1v) is 17.9. The standard InChI is InChI=1S/C24H20O7S5/c25-34(26)9-10-35(27,28)24-12-16(6-8-23(24)34)21-13-32-20-11-15(5-7-19(20)33-21)18-14-36(29,30)22-4-2-1-3-17(22)31-18/h1-8,11-12,18,21H,9-10,13-14H2. The molecule has 3 heterocycles. The fraction of sp³-hybridized carbons (Fsp3) is 0.250. The number of hydrogen-bond donors (Lipinski definition) is 0. The highest BCUT2D eigenvalue weighted by Crippen LogP contribution is 2.49. The topological polar surface area (TPSA) is 112 Å². The minimum atomic E-state index is -3.64. The number of thioether (sulfide) groups is 2. The highest BCUT2D eigenvalue weighted by Gasteiger charge is 2.36. The van der Waals surface area contributed by atoms with Crippen LogP contribution in [-0.2, 0) is 29.5 Å². The first kappa shape index (κ1) is 24.4. The van der Waals surface area contributed by atoms with Gasteiger partial charge in [-0.3, -0.25) is 0 Å². The molecular weight excluding hydrogens is 561 g/mol. The van der Waals surface area contributed by atoms with Gasteiger partial charge in [0, 0.05) is 20.8 Å². The van der Waals surface area contributed by atoms with Gasteiger partial charge in [-0.2, -0.15) is 0 Å². The van der Waals surface area contributed by atoms with Crippen LogP contribution in [0.2, 0.25) is 0 Å². The number of hydrogen-bond acceptors (Lipinski definition) is 9. The van der Waals surface area contributed by atoms with Crippen LogP contribution in [0.15, 0.2) is 85.1 Å². The zero-order chi connectivity index (χ0) is 25.3. The molecule has 7 nitrogen and oxygen atoms in total. The monoisotopic (exact) mass is 580 g/mol. The second kappa shape index (κ2) is 8.52. The summed E-state index contributed by atoms with van der Waals surface area (Å²) in [4.78, 5) is 2.00. The average molecular weight is 581 g/mol. The lowest BCUT2D eigenvalue weighted by Crippen LogP contribution is -2.26. The fourth-order valence-corrected chi connectivity index (χ4v) is 13.1. The molecule has 0 radical (unpaired) electrons. The number of fused-ring (bicyclic) bond motifs is 3. The lowest BCUT2D eigenvalue weighted by Gasteiger charge is -2.29. The lowest BCUT2D eigenvalue weighted by atomic mass is 10.1. The Morgan fingerprint density at radius 1 is 0.694 bits per heavy atom. The summed E-state index contributed by atoms with van der Waals surface area (Å²) in [6.45, 7) is 0. The lowest BCUT2D eigenvalue weighted by molar-refractivity contribution is 0.214. The molecule has 0 bridgehead atoms. The molecule has 3 aromatic rings. The SMILES string of the molecule is O=S1(=O)CC(c2ccc3c(c2)SCC(c2ccc4c(c2)S(=O)(=O)CCS4(=O)=O)S3)Oc2ccccc21. The number of sulfone groups is 3. The molecular formula is C24H20O7S5. The minimum Gasteiger partial charge on any atom is -0.483 e. The number of para-hydroxylation sites is 1. The number of rotatable bonds is 2. The number of benzene rings is 3. The molecule has 6 rings (SSSR count). The molecule has 0 amide bonds.